The SMILES string of the molecule is COc1ccc(CCNC(=O)C(O)(c2ccccc2)c2ccccc2)cc1. The summed E-state index contributed by atoms with van der Waals surface area (Å²) in [6.07, 6.45) is 0.662. The molecule has 0 saturated heterocycles. The quantitative estimate of drug-likeness (QED) is 0.679. The van der Waals surface area contributed by atoms with Gasteiger partial charge in [-0.05, 0) is 35.2 Å². The van der Waals surface area contributed by atoms with Crippen LogP contribution in [0.25, 0.3) is 0 Å². The molecule has 0 fully saturated rings. The van der Waals surface area contributed by atoms with Crippen molar-refractivity contribution >= 4 is 5.91 Å². The normalized spacial score (nSPS) is 11.0. The van der Waals surface area contributed by atoms with Crippen molar-refractivity contribution in [3.05, 3.63) is 102 Å². The zero-order valence-corrected chi connectivity index (χ0v) is 15.3. The molecule has 0 aromatic heterocycles. The van der Waals surface area contributed by atoms with Crippen LogP contribution in [0.2, 0.25) is 0 Å². The highest BCUT2D eigenvalue weighted by Crippen LogP contribution is 2.29. The van der Waals surface area contributed by atoms with Gasteiger partial charge in [0.2, 0.25) is 0 Å². The Balaban J connectivity index is 1.75. The number of benzene rings is 3. The first kappa shape index (κ1) is 18.7. The fourth-order valence-corrected chi connectivity index (χ4v) is 3.03. The second-order valence-corrected chi connectivity index (χ2v) is 6.30. The van der Waals surface area contributed by atoms with Crippen molar-refractivity contribution in [1.82, 2.24) is 5.32 Å². The molecule has 27 heavy (non-hydrogen) atoms. The van der Waals surface area contributed by atoms with Gasteiger partial charge in [-0.3, -0.25) is 4.79 Å². The standard InChI is InChI=1S/C23H23NO3/c1-27-21-14-12-18(13-15-21)16-17-24-22(25)23(26,19-8-4-2-5-9-19)20-10-6-3-7-11-20/h2-15,26H,16-17H2,1H3,(H,24,25). The van der Waals surface area contributed by atoms with E-state index in [-0.39, 0.29) is 0 Å². The molecule has 3 aromatic rings. The Bertz CT molecular complexity index is 822. The second kappa shape index (κ2) is 8.52. The molecule has 4 heteroatoms. The molecule has 1 amide bonds. The second-order valence-electron chi connectivity index (χ2n) is 6.30. The third kappa shape index (κ3) is 4.18. The van der Waals surface area contributed by atoms with E-state index in [0.717, 1.165) is 11.3 Å². The summed E-state index contributed by atoms with van der Waals surface area (Å²) in [5, 5.41) is 14.2. The van der Waals surface area contributed by atoms with Crippen LogP contribution in [0.5, 0.6) is 5.75 Å². The summed E-state index contributed by atoms with van der Waals surface area (Å²) in [7, 11) is 1.63. The maximum absolute atomic E-state index is 13.0. The van der Waals surface area contributed by atoms with Crippen LogP contribution in [0.15, 0.2) is 84.9 Å². The van der Waals surface area contributed by atoms with Gasteiger partial charge in [-0.15, -0.1) is 0 Å². The number of carbonyl (C=O) groups is 1. The van der Waals surface area contributed by atoms with E-state index in [1.165, 1.54) is 0 Å². The molecule has 0 saturated carbocycles. The third-order valence-corrected chi connectivity index (χ3v) is 4.57. The van der Waals surface area contributed by atoms with E-state index in [1.54, 1.807) is 31.4 Å². The van der Waals surface area contributed by atoms with Crippen molar-refractivity contribution in [2.45, 2.75) is 12.0 Å². The van der Waals surface area contributed by atoms with Gasteiger partial charge in [-0.1, -0.05) is 72.8 Å². The maximum Gasteiger partial charge on any atom is 0.261 e. The van der Waals surface area contributed by atoms with Crippen LogP contribution in [0.1, 0.15) is 16.7 Å². The van der Waals surface area contributed by atoms with Crippen molar-refractivity contribution in [1.29, 1.82) is 0 Å². The number of ether oxygens (including phenoxy) is 1. The van der Waals surface area contributed by atoms with Crippen LogP contribution in [-0.4, -0.2) is 24.7 Å². The molecule has 0 unspecified atom stereocenters. The number of methoxy groups -OCH3 is 1. The van der Waals surface area contributed by atoms with Gasteiger partial charge in [0, 0.05) is 6.54 Å². The number of hydrogen-bond donors (Lipinski definition) is 2. The van der Waals surface area contributed by atoms with Crippen molar-refractivity contribution in [2.75, 3.05) is 13.7 Å². The maximum atomic E-state index is 13.0. The first-order valence-corrected chi connectivity index (χ1v) is 8.89. The van der Waals surface area contributed by atoms with Crippen LogP contribution in [-0.2, 0) is 16.8 Å². The lowest BCUT2D eigenvalue weighted by Gasteiger charge is -2.28. The average Bonchev–Trinajstić information content (AvgIpc) is 2.74. The topological polar surface area (TPSA) is 58.6 Å². The van der Waals surface area contributed by atoms with Gasteiger partial charge in [0.05, 0.1) is 7.11 Å². The molecule has 3 aromatic carbocycles. The summed E-state index contributed by atoms with van der Waals surface area (Å²) in [6.45, 7) is 0.424. The van der Waals surface area contributed by atoms with Crippen molar-refractivity contribution in [2.24, 2.45) is 0 Å². The van der Waals surface area contributed by atoms with Gasteiger partial charge in [-0.25, -0.2) is 0 Å². The number of hydrogen-bond acceptors (Lipinski definition) is 3. The van der Waals surface area contributed by atoms with E-state index in [4.69, 9.17) is 4.74 Å². The van der Waals surface area contributed by atoms with E-state index < -0.39 is 11.5 Å². The molecule has 0 radical (unpaired) electrons. The van der Waals surface area contributed by atoms with Crippen LogP contribution < -0.4 is 10.1 Å². The number of rotatable bonds is 7. The summed E-state index contributed by atoms with van der Waals surface area (Å²) in [6, 6.07) is 25.7. The highest BCUT2D eigenvalue weighted by Gasteiger charge is 2.39. The molecule has 0 bridgehead atoms. The van der Waals surface area contributed by atoms with E-state index in [2.05, 4.69) is 5.32 Å². The predicted octanol–water partition coefficient (Wildman–Crippen LogP) is 3.29. The fraction of sp³-hybridized carbons (Fsp3) is 0.174. The highest BCUT2D eigenvalue weighted by molar-refractivity contribution is 5.90. The summed E-state index contributed by atoms with van der Waals surface area (Å²) >= 11 is 0. The molecular formula is C23H23NO3. The largest absolute Gasteiger partial charge is 0.497 e. The number of aliphatic hydroxyl groups is 1. The van der Waals surface area contributed by atoms with E-state index in [1.807, 2.05) is 60.7 Å². The summed E-state index contributed by atoms with van der Waals surface area (Å²) in [5.41, 5.74) is 0.429. The minimum absolute atomic E-state index is 0.424. The first-order chi connectivity index (χ1) is 13.1. The molecule has 0 spiro atoms. The predicted molar refractivity (Wildman–Crippen MR) is 106 cm³/mol. The minimum atomic E-state index is -1.73. The van der Waals surface area contributed by atoms with Gasteiger partial charge in [-0.2, -0.15) is 0 Å². The Hall–Kier alpha value is -3.11. The Kier molecular flexibility index (Phi) is 5.89. The zero-order valence-electron chi connectivity index (χ0n) is 15.3. The van der Waals surface area contributed by atoms with Gasteiger partial charge in [0.25, 0.3) is 5.91 Å². The Morgan fingerprint density at radius 3 is 1.89 bits per heavy atom. The van der Waals surface area contributed by atoms with Gasteiger partial charge in [0.15, 0.2) is 5.60 Å². The van der Waals surface area contributed by atoms with Crippen molar-refractivity contribution < 1.29 is 14.6 Å². The Labute approximate surface area is 159 Å². The molecule has 2 N–H and O–H groups in total. The number of carbonyl (C=O) groups excluding carboxylic acids is 1. The van der Waals surface area contributed by atoms with Gasteiger partial charge in [0.1, 0.15) is 5.75 Å². The molecule has 0 heterocycles. The molecule has 138 valence electrons. The molecule has 4 nitrogen and oxygen atoms in total. The van der Waals surface area contributed by atoms with Crippen molar-refractivity contribution in [3.63, 3.8) is 0 Å². The van der Waals surface area contributed by atoms with Crippen LogP contribution in [0.3, 0.4) is 0 Å². The summed E-state index contributed by atoms with van der Waals surface area (Å²) in [4.78, 5) is 13.0. The number of amides is 1. The summed E-state index contributed by atoms with van der Waals surface area (Å²) < 4.78 is 5.15. The lowest BCUT2D eigenvalue weighted by atomic mass is 9.85. The lowest BCUT2D eigenvalue weighted by molar-refractivity contribution is -0.136. The molecule has 3 rings (SSSR count). The molecule has 0 atom stereocenters. The number of nitrogens with one attached hydrogen (secondary N) is 1. The Morgan fingerprint density at radius 1 is 0.889 bits per heavy atom. The van der Waals surface area contributed by atoms with Crippen LogP contribution in [0.4, 0.5) is 0 Å². The lowest BCUT2D eigenvalue weighted by Crippen LogP contribution is -2.46. The first-order valence-electron chi connectivity index (χ1n) is 8.89. The monoisotopic (exact) mass is 361 g/mol. The molecule has 0 aliphatic heterocycles. The molecule has 0 aliphatic carbocycles. The fourth-order valence-electron chi connectivity index (χ4n) is 3.03. The summed E-state index contributed by atoms with van der Waals surface area (Å²) in [5.74, 6) is 0.360. The minimum Gasteiger partial charge on any atom is -0.497 e. The van der Waals surface area contributed by atoms with Gasteiger partial charge < -0.3 is 15.2 Å². The van der Waals surface area contributed by atoms with E-state index in [9.17, 15) is 9.90 Å². The zero-order chi connectivity index (χ0) is 19.1. The van der Waals surface area contributed by atoms with E-state index >= 15 is 0 Å². The molecular weight excluding hydrogens is 338 g/mol. The smallest absolute Gasteiger partial charge is 0.261 e. The van der Waals surface area contributed by atoms with Crippen LogP contribution in [0, 0.1) is 0 Å². The van der Waals surface area contributed by atoms with Crippen LogP contribution >= 0.6 is 0 Å². The highest BCUT2D eigenvalue weighted by atomic mass is 16.5. The third-order valence-electron chi connectivity index (χ3n) is 4.57. The molecule has 0 aliphatic rings. The van der Waals surface area contributed by atoms with Gasteiger partial charge >= 0.3 is 0 Å². The van der Waals surface area contributed by atoms with E-state index in [0.29, 0.717) is 24.1 Å². The van der Waals surface area contributed by atoms with Crippen molar-refractivity contribution in [3.8, 4) is 5.75 Å². The Morgan fingerprint density at radius 2 is 1.41 bits per heavy atom. The average molecular weight is 361 g/mol.